The van der Waals surface area contributed by atoms with Gasteiger partial charge in [-0.2, -0.15) is 0 Å². The van der Waals surface area contributed by atoms with Gasteiger partial charge in [-0.25, -0.2) is 0 Å². The lowest BCUT2D eigenvalue weighted by Gasteiger charge is -2.08. The largest absolute Gasteiger partial charge is 0.391 e. The molecule has 1 atom stereocenters. The molecule has 1 aromatic heterocycles. The highest BCUT2D eigenvalue weighted by atomic mass is 79.9. The molecule has 18 heavy (non-hydrogen) atoms. The Labute approximate surface area is 119 Å². The molecule has 0 saturated carbocycles. The fraction of sp³-hybridized carbons (Fsp3) is 0.417. The summed E-state index contributed by atoms with van der Waals surface area (Å²) in [6.07, 6.45) is 3.20. The first kappa shape index (κ1) is 15.4. The van der Waals surface area contributed by atoms with E-state index in [1.165, 1.54) is 13.2 Å². The number of halogens is 1. The van der Waals surface area contributed by atoms with Crippen LogP contribution in [0, 0.1) is 0 Å². The van der Waals surface area contributed by atoms with E-state index in [-0.39, 0.29) is 12.5 Å². The second-order valence-electron chi connectivity index (χ2n) is 3.69. The number of carbonyl (C=O) groups excluding carboxylic acids is 1. The van der Waals surface area contributed by atoms with E-state index in [2.05, 4.69) is 21.2 Å². The van der Waals surface area contributed by atoms with E-state index in [0.717, 1.165) is 9.35 Å². The van der Waals surface area contributed by atoms with Gasteiger partial charge >= 0.3 is 0 Å². The molecule has 1 heterocycles. The molecule has 0 aliphatic rings. The van der Waals surface area contributed by atoms with Gasteiger partial charge in [0.15, 0.2) is 0 Å². The van der Waals surface area contributed by atoms with Crippen LogP contribution < -0.4 is 5.32 Å². The van der Waals surface area contributed by atoms with E-state index < -0.39 is 6.10 Å². The minimum absolute atomic E-state index is 0.163. The Hall–Kier alpha value is -0.690. The standard InChI is InChI=1S/C12H16BrNO3S/c1-17-7-10(15)4-5-14-12(16)3-2-11-6-9(13)8-18-11/h2-3,6,8,10,15H,4-5,7H2,1H3,(H,14,16)/b3-2+. The van der Waals surface area contributed by atoms with Crippen LogP contribution in [0.25, 0.3) is 6.08 Å². The van der Waals surface area contributed by atoms with Gasteiger partial charge in [0, 0.05) is 34.5 Å². The number of thiophene rings is 1. The van der Waals surface area contributed by atoms with Crippen LogP contribution in [-0.4, -0.2) is 37.4 Å². The van der Waals surface area contributed by atoms with E-state index in [9.17, 15) is 9.90 Å². The lowest BCUT2D eigenvalue weighted by molar-refractivity contribution is -0.116. The average molecular weight is 334 g/mol. The summed E-state index contributed by atoms with van der Waals surface area (Å²) in [5.74, 6) is -0.163. The van der Waals surface area contributed by atoms with Crippen molar-refractivity contribution in [1.82, 2.24) is 5.32 Å². The maximum absolute atomic E-state index is 11.4. The van der Waals surface area contributed by atoms with Crippen LogP contribution in [0.2, 0.25) is 0 Å². The summed E-state index contributed by atoms with van der Waals surface area (Å²) < 4.78 is 5.80. The van der Waals surface area contributed by atoms with Crippen molar-refractivity contribution in [3.63, 3.8) is 0 Å². The third kappa shape index (κ3) is 6.30. The molecule has 1 unspecified atom stereocenters. The molecule has 0 aromatic carbocycles. The van der Waals surface area contributed by atoms with Crippen LogP contribution in [0.4, 0.5) is 0 Å². The molecule has 6 heteroatoms. The van der Waals surface area contributed by atoms with Gasteiger partial charge in [0.1, 0.15) is 0 Å². The Morgan fingerprint density at radius 3 is 3.11 bits per heavy atom. The van der Waals surface area contributed by atoms with Gasteiger partial charge in [0.05, 0.1) is 12.7 Å². The molecule has 2 N–H and O–H groups in total. The summed E-state index contributed by atoms with van der Waals surface area (Å²) in [5, 5.41) is 14.0. The number of aliphatic hydroxyl groups is 1. The van der Waals surface area contributed by atoms with Gasteiger partial charge in [0.25, 0.3) is 0 Å². The van der Waals surface area contributed by atoms with E-state index in [1.54, 1.807) is 17.4 Å². The molecular weight excluding hydrogens is 318 g/mol. The monoisotopic (exact) mass is 333 g/mol. The first-order chi connectivity index (χ1) is 8.61. The normalized spacial score (nSPS) is 12.8. The minimum Gasteiger partial charge on any atom is -0.391 e. The Morgan fingerprint density at radius 2 is 2.50 bits per heavy atom. The number of carbonyl (C=O) groups is 1. The van der Waals surface area contributed by atoms with Crippen molar-refractivity contribution in [3.8, 4) is 0 Å². The molecule has 1 rings (SSSR count). The van der Waals surface area contributed by atoms with Crippen molar-refractivity contribution in [1.29, 1.82) is 0 Å². The van der Waals surface area contributed by atoms with Gasteiger partial charge in [-0.1, -0.05) is 0 Å². The SMILES string of the molecule is COCC(O)CCNC(=O)/C=C/c1cc(Br)cs1. The van der Waals surface area contributed by atoms with Gasteiger partial charge in [0.2, 0.25) is 5.91 Å². The maximum Gasteiger partial charge on any atom is 0.244 e. The number of rotatable bonds is 7. The van der Waals surface area contributed by atoms with Gasteiger partial charge < -0.3 is 15.2 Å². The summed E-state index contributed by atoms with van der Waals surface area (Å²) in [7, 11) is 1.53. The molecule has 0 bridgehead atoms. The van der Waals surface area contributed by atoms with Crippen molar-refractivity contribution in [3.05, 3.63) is 26.9 Å². The van der Waals surface area contributed by atoms with Crippen molar-refractivity contribution in [2.45, 2.75) is 12.5 Å². The molecular formula is C12H16BrNO3S. The maximum atomic E-state index is 11.4. The number of amides is 1. The minimum atomic E-state index is -0.535. The van der Waals surface area contributed by atoms with Crippen LogP contribution >= 0.6 is 27.3 Å². The summed E-state index contributed by atoms with van der Waals surface area (Å²) in [6, 6.07) is 1.94. The zero-order chi connectivity index (χ0) is 13.4. The zero-order valence-electron chi connectivity index (χ0n) is 10.1. The third-order valence-electron chi connectivity index (χ3n) is 2.12. The van der Waals surface area contributed by atoms with Crippen LogP contribution in [0.15, 0.2) is 22.0 Å². The summed E-state index contributed by atoms with van der Waals surface area (Å²) in [4.78, 5) is 12.5. The second kappa shape index (κ2) is 8.42. The molecule has 0 saturated heterocycles. The summed E-state index contributed by atoms with van der Waals surface area (Å²) >= 11 is 4.90. The van der Waals surface area contributed by atoms with Crippen molar-refractivity contribution in [2.24, 2.45) is 0 Å². The molecule has 1 amide bonds. The van der Waals surface area contributed by atoms with E-state index in [1.807, 2.05) is 11.4 Å². The highest BCUT2D eigenvalue weighted by molar-refractivity contribution is 9.10. The lowest BCUT2D eigenvalue weighted by Crippen LogP contribution is -2.27. The van der Waals surface area contributed by atoms with Crippen LogP contribution in [0.5, 0.6) is 0 Å². The molecule has 0 fully saturated rings. The summed E-state index contributed by atoms with van der Waals surface area (Å²) in [5.41, 5.74) is 0. The number of hydrogen-bond donors (Lipinski definition) is 2. The Balaban J connectivity index is 2.23. The number of aliphatic hydroxyl groups excluding tert-OH is 1. The number of hydrogen-bond acceptors (Lipinski definition) is 4. The number of nitrogens with one attached hydrogen (secondary N) is 1. The molecule has 0 aliphatic heterocycles. The van der Waals surface area contributed by atoms with Gasteiger partial charge in [-0.15, -0.1) is 11.3 Å². The molecule has 0 spiro atoms. The summed E-state index contributed by atoms with van der Waals surface area (Å²) in [6.45, 7) is 0.719. The zero-order valence-corrected chi connectivity index (χ0v) is 12.5. The quantitative estimate of drug-likeness (QED) is 0.750. The molecule has 0 aliphatic carbocycles. The first-order valence-electron chi connectivity index (χ1n) is 5.48. The third-order valence-corrected chi connectivity index (χ3v) is 3.78. The predicted molar refractivity (Wildman–Crippen MR) is 76.6 cm³/mol. The van der Waals surface area contributed by atoms with Gasteiger partial charge in [-0.3, -0.25) is 4.79 Å². The highest BCUT2D eigenvalue weighted by Crippen LogP contribution is 2.20. The fourth-order valence-corrected chi connectivity index (χ4v) is 2.61. The number of methoxy groups -OCH3 is 1. The van der Waals surface area contributed by atoms with E-state index >= 15 is 0 Å². The lowest BCUT2D eigenvalue weighted by atomic mass is 10.2. The Kier molecular flexibility index (Phi) is 7.19. The van der Waals surface area contributed by atoms with Crippen molar-refractivity contribution in [2.75, 3.05) is 20.3 Å². The number of ether oxygens (including phenoxy) is 1. The van der Waals surface area contributed by atoms with E-state index in [4.69, 9.17) is 4.74 Å². The van der Waals surface area contributed by atoms with Gasteiger partial charge in [-0.05, 0) is 34.5 Å². The van der Waals surface area contributed by atoms with Crippen LogP contribution in [-0.2, 0) is 9.53 Å². The first-order valence-corrected chi connectivity index (χ1v) is 7.16. The molecule has 1 aromatic rings. The topological polar surface area (TPSA) is 58.6 Å². The average Bonchev–Trinajstić information content (AvgIpc) is 2.73. The molecule has 0 radical (unpaired) electrons. The van der Waals surface area contributed by atoms with Crippen molar-refractivity contribution >= 4 is 39.2 Å². The van der Waals surface area contributed by atoms with Crippen molar-refractivity contribution < 1.29 is 14.6 Å². The predicted octanol–water partition coefficient (Wildman–Crippen LogP) is 2.04. The smallest absolute Gasteiger partial charge is 0.244 e. The molecule has 100 valence electrons. The highest BCUT2D eigenvalue weighted by Gasteiger charge is 2.03. The fourth-order valence-electron chi connectivity index (χ4n) is 1.27. The molecule has 4 nitrogen and oxygen atoms in total. The van der Waals surface area contributed by atoms with E-state index in [0.29, 0.717) is 13.0 Å². The van der Waals surface area contributed by atoms with Crippen LogP contribution in [0.1, 0.15) is 11.3 Å². The van der Waals surface area contributed by atoms with Crippen LogP contribution in [0.3, 0.4) is 0 Å². The Bertz CT molecular complexity index is 406. The second-order valence-corrected chi connectivity index (χ2v) is 5.55. The Morgan fingerprint density at radius 1 is 1.72 bits per heavy atom.